The van der Waals surface area contributed by atoms with E-state index in [1.807, 2.05) is 0 Å². The monoisotopic (exact) mass is 330 g/mol. The van der Waals surface area contributed by atoms with Crippen LogP contribution in [-0.2, 0) is 4.79 Å². The molecule has 1 aromatic carbocycles. The summed E-state index contributed by atoms with van der Waals surface area (Å²) in [7, 11) is 0. The van der Waals surface area contributed by atoms with Crippen molar-refractivity contribution in [3.63, 3.8) is 0 Å². The smallest absolute Gasteiger partial charge is 0.319 e. The van der Waals surface area contributed by atoms with E-state index in [1.165, 1.54) is 0 Å². The number of anilines is 1. The summed E-state index contributed by atoms with van der Waals surface area (Å²) in [6, 6.07) is 4.01. The van der Waals surface area contributed by atoms with Gasteiger partial charge in [0.15, 0.2) is 0 Å². The zero-order valence-corrected chi connectivity index (χ0v) is 13.0. The molecule has 0 heterocycles. The lowest BCUT2D eigenvalue weighted by molar-refractivity contribution is -0.148. The minimum Gasteiger partial charge on any atom is -0.481 e. The van der Waals surface area contributed by atoms with Crippen LogP contribution >= 0.6 is 23.2 Å². The van der Waals surface area contributed by atoms with E-state index in [0.29, 0.717) is 23.6 Å². The second-order valence-corrected chi connectivity index (χ2v) is 6.15. The van der Waals surface area contributed by atoms with Crippen molar-refractivity contribution in [2.45, 2.75) is 32.2 Å². The highest BCUT2D eigenvalue weighted by Crippen LogP contribution is 2.38. The van der Waals surface area contributed by atoms with E-state index in [2.05, 4.69) is 10.6 Å². The molecule has 21 heavy (non-hydrogen) atoms. The molecule has 0 saturated heterocycles. The lowest BCUT2D eigenvalue weighted by Gasteiger charge is -2.27. The van der Waals surface area contributed by atoms with Gasteiger partial charge in [0.05, 0.1) is 21.1 Å². The molecule has 7 heteroatoms. The molecule has 1 aliphatic carbocycles. The summed E-state index contributed by atoms with van der Waals surface area (Å²) < 4.78 is 0. The van der Waals surface area contributed by atoms with Crippen molar-refractivity contribution >= 4 is 40.9 Å². The lowest BCUT2D eigenvalue weighted by Crippen LogP contribution is -2.48. The molecule has 2 unspecified atom stereocenters. The van der Waals surface area contributed by atoms with Crippen molar-refractivity contribution < 1.29 is 14.7 Å². The molecule has 1 aliphatic rings. The highest BCUT2D eigenvalue weighted by atomic mass is 35.5. The Bertz CT molecular complexity index is 579. The molecule has 2 atom stereocenters. The standard InChI is InChI=1S/C14H16Cl2N2O3/c1-14(12(19)20)7-3-6-10(14)18-13(21)17-9-5-2-4-8(15)11(9)16/h2,4-5,10H,3,6-7H2,1H3,(H,19,20)(H2,17,18,21). The van der Waals surface area contributed by atoms with E-state index in [-0.39, 0.29) is 5.02 Å². The first-order valence-corrected chi connectivity index (χ1v) is 7.35. The Morgan fingerprint density at radius 2 is 2.10 bits per heavy atom. The summed E-state index contributed by atoms with van der Waals surface area (Å²) in [4.78, 5) is 23.4. The van der Waals surface area contributed by atoms with E-state index >= 15 is 0 Å². The Morgan fingerprint density at radius 3 is 2.76 bits per heavy atom. The summed E-state index contributed by atoms with van der Waals surface area (Å²) in [5, 5.41) is 15.2. The molecule has 114 valence electrons. The molecule has 1 aromatic rings. The summed E-state index contributed by atoms with van der Waals surface area (Å²) >= 11 is 11.9. The second kappa shape index (κ2) is 6.12. The summed E-state index contributed by atoms with van der Waals surface area (Å²) in [5.41, 5.74) is -0.549. The normalized spacial score (nSPS) is 24.6. The summed E-state index contributed by atoms with van der Waals surface area (Å²) in [6.07, 6.45) is 1.95. The molecule has 2 amide bonds. The van der Waals surface area contributed by atoms with E-state index in [4.69, 9.17) is 23.2 Å². The highest BCUT2D eigenvalue weighted by molar-refractivity contribution is 6.43. The van der Waals surface area contributed by atoms with Crippen LogP contribution < -0.4 is 10.6 Å². The molecule has 0 aromatic heterocycles. The number of carboxylic acids is 1. The number of carbonyl (C=O) groups excluding carboxylic acids is 1. The van der Waals surface area contributed by atoms with Crippen molar-refractivity contribution in [3.8, 4) is 0 Å². The predicted molar refractivity (Wildman–Crippen MR) is 82.0 cm³/mol. The third-order valence-electron chi connectivity index (χ3n) is 3.95. The topological polar surface area (TPSA) is 78.4 Å². The molecule has 3 N–H and O–H groups in total. The van der Waals surface area contributed by atoms with Gasteiger partial charge in [-0.2, -0.15) is 0 Å². The Kier molecular flexibility index (Phi) is 4.64. The maximum atomic E-state index is 12.0. The van der Waals surface area contributed by atoms with Crippen LogP contribution in [0.3, 0.4) is 0 Å². The van der Waals surface area contributed by atoms with Gasteiger partial charge in [-0.15, -0.1) is 0 Å². The molecule has 0 spiro atoms. The fraction of sp³-hybridized carbons (Fsp3) is 0.429. The van der Waals surface area contributed by atoms with E-state index in [0.717, 1.165) is 6.42 Å². The van der Waals surface area contributed by atoms with E-state index in [1.54, 1.807) is 25.1 Å². The molecule has 0 aliphatic heterocycles. The van der Waals surface area contributed by atoms with Crippen LogP contribution in [0.25, 0.3) is 0 Å². The van der Waals surface area contributed by atoms with Gasteiger partial charge in [-0.25, -0.2) is 4.79 Å². The van der Waals surface area contributed by atoms with Gasteiger partial charge in [0.25, 0.3) is 0 Å². The SMILES string of the molecule is CC1(C(=O)O)CCCC1NC(=O)Nc1cccc(Cl)c1Cl. The summed E-state index contributed by atoms with van der Waals surface area (Å²) in [5.74, 6) is -0.897. The van der Waals surface area contributed by atoms with Crippen LogP contribution in [0.2, 0.25) is 10.0 Å². The van der Waals surface area contributed by atoms with Gasteiger partial charge in [0.2, 0.25) is 0 Å². The molecular formula is C14H16Cl2N2O3. The van der Waals surface area contributed by atoms with Crippen molar-refractivity contribution in [3.05, 3.63) is 28.2 Å². The van der Waals surface area contributed by atoms with E-state index in [9.17, 15) is 14.7 Å². The van der Waals surface area contributed by atoms with Gasteiger partial charge in [-0.3, -0.25) is 4.79 Å². The van der Waals surface area contributed by atoms with Crippen LogP contribution in [0.15, 0.2) is 18.2 Å². The third kappa shape index (κ3) is 3.24. The molecule has 0 radical (unpaired) electrons. The molecule has 1 fully saturated rings. The van der Waals surface area contributed by atoms with Gasteiger partial charge in [-0.05, 0) is 31.9 Å². The number of benzene rings is 1. The molecule has 0 bridgehead atoms. The van der Waals surface area contributed by atoms with Crippen molar-refractivity contribution in [2.75, 3.05) is 5.32 Å². The fourth-order valence-corrected chi connectivity index (χ4v) is 2.92. The molecule has 2 rings (SSSR count). The first kappa shape index (κ1) is 15.9. The van der Waals surface area contributed by atoms with Gasteiger partial charge >= 0.3 is 12.0 Å². The number of carbonyl (C=O) groups is 2. The quantitative estimate of drug-likeness (QED) is 0.789. The number of aliphatic carboxylic acids is 1. The van der Waals surface area contributed by atoms with Crippen LogP contribution in [0.5, 0.6) is 0 Å². The molecule has 1 saturated carbocycles. The first-order chi connectivity index (χ1) is 9.84. The number of amides is 2. The van der Waals surface area contributed by atoms with Crippen LogP contribution in [0, 0.1) is 5.41 Å². The minimum absolute atomic E-state index is 0.252. The Morgan fingerprint density at radius 1 is 1.38 bits per heavy atom. The van der Waals surface area contributed by atoms with Gasteiger partial charge in [0.1, 0.15) is 0 Å². The average Bonchev–Trinajstić information content (AvgIpc) is 2.78. The first-order valence-electron chi connectivity index (χ1n) is 6.59. The zero-order chi connectivity index (χ0) is 15.6. The number of carboxylic acid groups (broad SMARTS) is 1. The Balaban J connectivity index is 2.05. The summed E-state index contributed by atoms with van der Waals surface area (Å²) in [6.45, 7) is 1.65. The molecule has 5 nitrogen and oxygen atoms in total. The minimum atomic E-state index is -0.935. The fourth-order valence-electron chi connectivity index (χ4n) is 2.57. The van der Waals surface area contributed by atoms with E-state index < -0.39 is 23.5 Å². The number of rotatable bonds is 3. The average molecular weight is 331 g/mol. The maximum absolute atomic E-state index is 12.0. The van der Waals surface area contributed by atoms with Gasteiger partial charge in [-0.1, -0.05) is 35.7 Å². The Labute approximate surface area is 132 Å². The largest absolute Gasteiger partial charge is 0.481 e. The third-order valence-corrected chi connectivity index (χ3v) is 4.77. The number of urea groups is 1. The van der Waals surface area contributed by atoms with Crippen molar-refractivity contribution in [1.29, 1.82) is 0 Å². The van der Waals surface area contributed by atoms with Gasteiger partial charge in [0, 0.05) is 6.04 Å². The van der Waals surface area contributed by atoms with Crippen LogP contribution in [0.4, 0.5) is 10.5 Å². The van der Waals surface area contributed by atoms with Gasteiger partial charge < -0.3 is 15.7 Å². The number of nitrogens with one attached hydrogen (secondary N) is 2. The number of hydrogen-bond acceptors (Lipinski definition) is 2. The Hall–Kier alpha value is -1.46. The highest BCUT2D eigenvalue weighted by Gasteiger charge is 2.45. The lowest BCUT2D eigenvalue weighted by atomic mass is 9.85. The number of halogens is 2. The second-order valence-electron chi connectivity index (χ2n) is 5.37. The van der Waals surface area contributed by atoms with Crippen LogP contribution in [-0.4, -0.2) is 23.1 Å². The van der Waals surface area contributed by atoms with Crippen molar-refractivity contribution in [1.82, 2.24) is 5.32 Å². The van der Waals surface area contributed by atoms with Crippen molar-refractivity contribution in [2.24, 2.45) is 5.41 Å². The molecular weight excluding hydrogens is 315 g/mol. The maximum Gasteiger partial charge on any atom is 0.319 e. The predicted octanol–water partition coefficient (Wildman–Crippen LogP) is 3.76. The zero-order valence-electron chi connectivity index (χ0n) is 11.5. The van der Waals surface area contributed by atoms with Crippen LogP contribution in [0.1, 0.15) is 26.2 Å². The number of hydrogen-bond donors (Lipinski definition) is 3.